The minimum atomic E-state index is -0.846. The summed E-state index contributed by atoms with van der Waals surface area (Å²) in [5.41, 5.74) is 0.810. The van der Waals surface area contributed by atoms with E-state index in [0.29, 0.717) is 16.9 Å². The van der Waals surface area contributed by atoms with Crippen LogP contribution in [0.3, 0.4) is 0 Å². The molecule has 0 amide bonds. The van der Waals surface area contributed by atoms with Crippen molar-refractivity contribution < 1.29 is 13.9 Å². The Morgan fingerprint density at radius 1 is 1.40 bits per heavy atom. The highest BCUT2D eigenvalue weighted by atomic mass is 32.2. The van der Waals surface area contributed by atoms with Crippen LogP contribution in [0, 0.1) is 11.6 Å². The molecule has 1 unspecified atom stereocenters. The van der Waals surface area contributed by atoms with Gasteiger partial charge in [-0.15, -0.1) is 11.8 Å². The van der Waals surface area contributed by atoms with Gasteiger partial charge in [0.2, 0.25) is 0 Å². The van der Waals surface area contributed by atoms with Crippen LogP contribution < -0.4 is 0 Å². The van der Waals surface area contributed by atoms with Crippen molar-refractivity contribution in [3.8, 4) is 0 Å². The standard InChI is InChI=1S/C11H12F2OS/c1-11(2)10(14)6-3-4-8(12)9(13)7(6)5-15-11/h3-4,10,14H,5H2,1-2H3. The lowest BCUT2D eigenvalue weighted by Crippen LogP contribution is -2.30. The Bertz CT molecular complexity index is 404. The Morgan fingerprint density at radius 2 is 2.07 bits per heavy atom. The quantitative estimate of drug-likeness (QED) is 0.739. The predicted octanol–water partition coefficient (Wildman–Crippen LogP) is 3.02. The first kappa shape index (κ1) is 10.9. The molecule has 0 radical (unpaired) electrons. The van der Waals surface area contributed by atoms with Crippen LogP contribution in [0.2, 0.25) is 0 Å². The molecule has 0 spiro atoms. The maximum Gasteiger partial charge on any atom is 0.163 e. The van der Waals surface area contributed by atoms with E-state index < -0.39 is 17.7 Å². The number of thioether (sulfide) groups is 1. The lowest BCUT2D eigenvalue weighted by atomic mass is 9.93. The molecule has 0 saturated carbocycles. The highest BCUT2D eigenvalue weighted by molar-refractivity contribution is 7.99. The molecule has 0 aliphatic carbocycles. The molecule has 1 aliphatic heterocycles. The summed E-state index contributed by atoms with van der Waals surface area (Å²) in [6.45, 7) is 3.79. The lowest BCUT2D eigenvalue weighted by Gasteiger charge is -2.36. The summed E-state index contributed by atoms with van der Waals surface area (Å²) in [6.07, 6.45) is -0.749. The van der Waals surface area contributed by atoms with Crippen LogP contribution in [0.5, 0.6) is 0 Å². The van der Waals surface area contributed by atoms with Gasteiger partial charge in [0.15, 0.2) is 11.6 Å². The Labute approximate surface area is 91.5 Å². The van der Waals surface area contributed by atoms with E-state index >= 15 is 0 Å². The molecule has 15 heavy (non-hydrogen) atoms. The van der Waals surface area contributed by atoms with Gasteiger partial charge in [0, 0.05) is 16.1 Å². The normalized spacial score (nSPS) is 23.7. The molecule has 82 valence electrons. The SMILES string of the molecule is CC1(C)SCc2c(ccc(F)c2F)C1O. The number of benzene rings is 1. The maximum absolute atomic E-state index is 13.4. The zero-order valence-electron chi connectivity index (χ0n) is 8.55. The molecule has 1 aromatic rings. The first-order valence-electron chi connectivity index (χ1n) is 4.72. The molecule has 1 aliphatic rings. The second kappa shape index (κ2) is 3.46. The lowest BCUT2D eigenvalue weighted by molar-refractivity contribution is 0.140. The van der Waals surface area contributed by atoms with Crippen molar-refractivity contribution in [2.75, 3.05) is 0 Å². The van der Waals surface area contributed by atoms with Gasteiger partial charge in [-0.1, -0.05) is 6.07 Å². The van der Waals surface area contributed by atoms with Crippen molar-refractivity contribution in [2.24, 2.45) is 0 Å². The Kier molecular flexibility index (Phi) is 2.51. The average molecular weight is 230 g/mol. The van der Waals surface area contributed by atoms with Gasteiger partial charge < -0.3 is 5.11 Å². The summed E-state index contributed by atoms with van der Waals surface area (Å²) in [5.74, 6) is -1.26. The van der Waals surface area contributed by atoms with Crippen molar-refractivity contribution in [3.63, 3.8) is 0 Å². The molecule has 4 heteroatoms. The third kappa shape index (κ3) is 1.66. The minimum Gasteiger partial charge on any atom is -0.387 e. The summed E-state index contributed by atoms with van der Waals surface area (Å²) in [6, 6.07) is 2.54. The van der Waals surface area contributed by atoms with Crippen molar-refractivity contribution in [1.29, 1.82) is 0 Å². The molecule has 1 nitrogen and oxygen atoms in total. The summed E-state index contributed by atoms with van der Waals surface area (Å²) in [4.78, 5) is 0. The Hall–Kier alpha value is -0.610. The molecular formula is C11H12F2OS. The van der Waals surface area contributed by atoms with E-state index in [1.807, 2.05) is 13.8 Å². The van der Waals surface area contributed by atoms with Gasteiger partial charge in [0.1, 0.15) is 0 Å². The summed E-state index contributed by atoms with van der Waals surface area (Å²) < 4.78 is 26.0. The van der Waals surface area contributed by atoms with Crippen LogP contribution in [0.15, 0.2) is 12.1 Å². The second-order valence-electron chi connectivity index (χ2n) is 4.22. The molecule has 1 atom stereocenters. The first-order valence-corrected chi connectivity index (χ1v) is 5.71. The molecule has 2 rings (SSSR count). The van der Waals surface area contributed by atoms with Crippen molar-refractivity contribution in [1.82, 2.24) is 0 Å². The topological polar surface area (TPSA) is 20.2 Å². The van der Waals surface area contributed by atoms with Gasteiger partial charge in [-0.2, -0.15) is 0 Å². The number of fused-ring (bicyclic) bond motifs is 1. The molecular weight excluding hydrogens is 218 g/mol. The van der Waals surface area contributed by atoms with E-state index in [9.17, 15) is 13.9 Å². The number of aliphatic hydroxyl groups is 1. The molecule has 1 aromatic carbocycles. The van der Waals surface area contributed by atoms with E-state index in [-0.39, 0.29) is 4.75 Å². The molecule has 1 N–H and O–H groups in total. The number of hydrogen-bond acceptors (Lipinski definition) is 2. The fourth-order valence-electron chi connectivity index (χ4n) is 1.72. The number of rotatable bonds is 0. The van der Waals surface area contributed by atoms with Crippen molar-refractivity contribution >= 4 is 11.8 Å². The fourth-order valence-corrected chi connectivity index (χ4v) is 2.82. The summed E-state index contributed by atoms with van der Waals surface area (Å²) >= 11 is 1.44. The third-order valence-corrected chi connectivity index (χ3v) is 4.17. The number of aliphatic hydroxyl groups excluding tert-OH is 1. The summed E-state index contributed by atoms with van der Waals surface area (Å²) in [5, 5.41) is 9.99. The molecule has 0 bridgehead atoms. The van der Waals surface area contributed by atoms with E-state index in [1.54, 1.807) is 0 Å². The number of hydrogen-bond donors (Lipinski definition) is 1. The van der Waals surface area contributed by atoms with Gasteiger partial charge in [-0.3, -0.25) is 0 Å². The average Bonchev–Trinajstić information content (AvgIpc) is 2.17. The summed E-state index contributed by atoms with van der Waals surface area (Å²) in [7, 11) is 0. The number of halogens is 2. The zero-order valence-corrected chi connectivity index (χ0v) is 9.37. The predicted molar refractivity (Wildman–Crippen MR) is 56.7 cm³/mol. The van der Waals surface area contributed by atoms with Crippen LogP contribution in [-0.4, -0.2) is 9.85 Å². The van der Waals surface area contributed by atoms with Crippen LogP contribution >= 0.6 is 11.8 Å². The van der Waals surface area contributed by atoms with Crippen LogP contribution in [-0.2, 0) is 5.75 Å². The maximum atomic E-state index is 13.4. The van der Waals surface area contributed by atoms with Gasteiger partial charge in [0.05, 0.1) is 6.10 Å². The van der Waals surface area contributed by atoms with Gasteiger partial charge in [-0.25, -0.2) is 8.78 Å². The third-order valence-electron chi connectivity index (χ3n) is 2.77. The van der Waals surface area contributed by atoms with Crippen LogP contribution in [0.4, 0.5) is 8.78 Å². The monoisotopic (exact) mass is 230 g/mol. The first-order chi connectivity index (χ1) is 6.93. The Morgan fingerprint density at radius 3 is 2.73 bits per heavy atom. The minimum absolute atomic E-state index is 0.298. The van der Waals surface area contributed by atoms with Gasteiger partial charge >= 0.3 is 0 Å². The molecule has 0 aromatic heterocycles. The molecule has 1 heterocycles. The second-order valence-corrected chi connectivity index (χ2v) is 5.85. The van der Waals surface area contributed by atoms with Gasteiger partial charge in [-0.05, 0) is 25.5 Å². The van der Waals surface area contributed by atoms with Crippen LogP contribution in [0.1, 0.15) is 31.1 Å². The molecule has 0 fully saturated rings. The van der Waals surface area contributed by atoms with E-state index in [1.165, 1.54) is 17.8 Å². The Balaban J connectivity index is 2.55. The van der Waals surface area contributed by atoms with Crippen molar-refractivity contribution in [3.05, 3.63) is 34.9 Å². The largest absolute Gasteiger partial charge is 0.387 e. The van der Waals surface area contributed by atoms with E-state index in [4.69, 9.17) is 0 Å². The zero-order chi connectivity index (χ0) is 11.2. The molecule has 0 saturated heterocycles. The highest BCUT2D eigenvalue weighted by Crippen LogP contribution is 2.46. The smallest absolute Gasteiger partial charge is 0.163 e. The van der Waals surface area contributed by atoms with Crippen LogP contribution in [0.25, 0.3) is 0 Å². The van der Waals surface area contributed by atoms with E-state index in [0.717, 1.165) is 6.07 Å². The van der Waals surface area contributed by atoms with Gasteiger partial charge in [0.25, 0.3) is 0 Å². The highest BCUT2D eigenvalue weighted by Gasteiger charge is 2.36. The van der Waals surface area contributed by atoms with Crippen molar-refractivity contribution in [2.45, 2.75) is 30.5 Å². The fraction of sp³-hybridized carbons (Fsp3) is 0.455. The van der Waals surface area contributed by atoms with E-state index in [2.05, 4.69) is 0 Å².